The minimum Gasteiger partial charge on any atom is -0.399 e. The molecule has 1 saturated heterocycles. The molecule has 104 valence electrons. The second-order valence-electron chi connectivity index (χ2n) is 6.37. The van der Waals surface area contributed by atoms with Crippen LogP contribution in [-0.4, -0.2) is 23.3 Å². The van der Waals surface area contributed by atoms with Crippen molar-refractivity contribution in [2.75, 3.05) is 0 Å². The Hall–Kier alpha value is -0.575. The van der Waals surface area contributed by atoms with Crippen LogP contribution in [0.15, 0.2) is 12.4 Å². The Balaban J connectivity index is 2.45. The molecule has 0 aromatic carbocycles. The van der Waals surface area contributed by atoms with E-state index in [0.717, 1.165) is 11.0 Å². The molecule has 3 nitrogen and oxygen atoms in total. The van der Waals surface area contributed by atoms with Crippen LogP contribution in [0.1, 0.15) is 53.0 Å². The standard InChI is InChI=1S/C14H21BClNO2/c1-9(2)10-7-17-8-11(16)12(10)15-18-13(3,4)14(5,6)19-15/h7-9H,1-6H3. The van der Waals surface area contributed by atoms with E-state index >= 15 is 0 Å². The third kappa shape index (κ3) is 2.54. The second-order valence-corrected chi connectivity index (χ2v) is 6.77. The van der Waals surface area contributed by atoms with Crippen LogP contribution in [0, 0.1) is 0 Å². The van der Waals surface area contributed by atoms with Gasteiger partial charge in [0, 0.05) is 17.9 Å². The van der Waals surface area contributed by atoms with Crippen molar-refractivity contribution < 1.29 is 9.31 Å². The van der Waals surface area contributed by atoms with Crippen LogP contribution < -0.4 is 5.46 Å². The first-order valence-electron chi connectivity index (χ1n) is 6.64. The Morgan fingerprint density at radius 3 is 2.11 bits per heavy atom. The van der Waals surface area contributed by atoms with E-state index in [1.807, 2.05) is 33.9 Å². The first-order chi connectivity index (χ1) is 8.66. The van der Waals surface area contributed by atoms with Crippen molar-refractivity contribution in [2.24, 2.45) is 0 Å². The Morgan fingerprint density at radius 1 is 1.11 bits per heavy atom. The number of hydrogen-bond donors (Lipinski definition) is 0. The van der Waals surface area contributed by atoms with Gasteiger partial charge < -0.3 is 9.31 Å². The molecule has 1 aliphatic rings. The van der Waals surface area contributed by atoms with E-state index in [4.69, 9.17) is 20.9 Å². The Labute approximate surface area is 120 Å². The molecule has 1 aromatic rings. The van der Waals surface area contributed by atoms with Gasteiger partial charge in [0.15, 0.2) is 0 Å². The molecule has 0 spiro atoms. The van der Waals surface area contributed by atoms with Gasteiger partial charge >= 0.3 is 7.12 Å². The second kappa shape index (κ2) is 4.76. The summed E-state index contributed by atoms with van der Waals surface area (Å²) >= 11 is 6.32. The minimum absolute atomic E-state index is 0.320. The third-order valence-corrected chi connectivity index (χ3v) is 4.38. The van der Waals surface area contributed by atoms with E-state index in [2.05, 4.69) is 18.8 Å². The van der Waals surface area contributed by atoms with E-state index < -0.39 is 7.12 Å². The average Bonchev–Trinajstić information content (AvgIpc) is 2.47. The largest absolute Gasteiger partial charge is 0.496 e. The normalized spacial score (nSPS) is 21.2. The first kappa shape index (κ1) is 14.8. The van der Waals surface area contributed by atoms with Crippen LogP contribution in [0.5, 0.6) is 0 Å². The van der Waals surface area contributed by atoms with Crippen molar-refractivity contribution in [3.05, 3.63) is 23.0 Å². The zero-order chi connectivity index (χ0) is 14.4. The summed E-state index contributed by atoms with van der Waals surface area (Å²) in [6.45, 7) is 12.4. The number of rotatable bonds is 2. The minimum atomic E-state index is -0.433. The molecule has 0 radical (unpaired) electrons. The molecule has 2 heterocycles. The molecular formula is C14H21BClNO2. The highest BCUT2D eigenvalue weighted by Crippen LogP contribution is 2.37. The smallest absolute Gasteiger partial charge is 0.399 e. The molecule has 0 N–H and O–H groups in total. The average molecular weight is 282 g/mol. The fourth-order valence-electron chi connectivity index (χ4n) is 2.13. The van der Waals surface area contributed by atoms with Crippen LogP contribution >= 0.6 is 11.6 Å². The lowest BCUT2D eigenvalue weighted by atomic mass is 9.74. The van der Waals surface area contributed by atoms with E-state index in [0.29, 0.717) is 10.9 Å². The van der Waals surface area contributed by atoms with Crippen molar-refractivity contribution in [2.45, 2.75) is 58.7 Å². The Morgan fingerprint density at radius 2 is 1.63 bits per heavy atom. The molecule has 1 aliphatic heterocycles. The van der Waals surface area contributed by atoms with Gasteiger partial charge in [-0.3, -0.25) is 4.98 Å². The highest BCUT2D eigenvalue weighted by atomic mass is 35.5. The summed E-state index contributed by atoms with van der Waals surface area (Å²) in [5.74, 6) is 0.320. The monoisotopic (exact) mass is 281 g/mol. The third-order valence-electron chi connectivity index (χ3n) is 4.08. The van der Waals surface area contributed by atoms with Gasteiger partial charge in [-0.05, 0) is 39.2 Å². The number of pyridine rings is 1. The zero-order valence-corrected chi connectivity index (χ0v) is 13.2. The van der Waals surface area contributed by atoms with Gasteiger partial charge in [0.25, 0.3) is 0 Å². The van der Waals surface area contributed by atoms with Gasteiger partial charge in [0.1, 0.15) is 0 Å². The Kier molecular flexibility index (Phi) is 3.71. The lowest BCUT2D eigenvalue weighted by Gasteiger charge is -2.32. The van der Waals surface area contributed by atoms with E-state index in [9.17, 15) is 0 Å². The van der Waals surface area contributed by atoms with Crippen molar-refractivity contribution in [3.8, 4) is 0 Å². The topological polar surface area (TPSA) is 31.4 Å². The molecule has 5 heteroatoms. The molecule has 0 unspecified atom stereocenters. The summed E-state index contributed by atoms with van der Waals surface area (Å²) in [6, 6.07) is 0. The molecule has 2 rings (SSSR count). The quantitative estimate of drug-likeness (QED) is 0.780. The van der Waals surface area contributed by atoms with Gasteiger partial charge in [0.05, 0.1) is 16.2 Å². The van der Waals surface area contributed by atoms with Crippen molar-refractivity contribution >= 4 is 24.2 Å². The summed E-state index contributed by atoms with van der Waals surface area (Å²) in [4.78, 5) is 4.17. The number of nitrogens with zero attached hydrogens (tertiary/aromatic N) is 1. The lowest BCUT2D eigenvalue weighted by molar-refractivity contribution is 0.00578. The SMILES string of the molecule is CC(C)c1cncc(Cl)c1B1OC(C)(C)C(C)(C)O1. The van der Waals surface area contributed by atoms with Gasteiger partial charge in [-0.25, -0.2) is 0 Å². The molecule has 0 atom stereocenters. The van der Waals surface area contributed by atoms with Crippen LogP contribution in [0.3, 0.4) is 0 Å². The predicted molar refractivity (Wildman–Crippen MR) is 79.1 cm³/mol. The zero-order valence-electron chi connectivity index (χ0n) is 12.5. The Bertz CT molecular complexity index is 472. The maximum Gasteiger partial charge on any atom is 0.496 e. The summed E-state index contributed by atoms with van der Waals surface area (Å²) in [5.41, 5.74) is 1.26. The maximum absolute atomic E-state index is 6.32. The van der Waals surface area contributed by atoms with Crippen LogP contribution in [0.25, 0.3) is 0 Å². The first-order valence-corrected chi connectivity index (χ1v) is 7.02. The van der Waals surface area contributed by atoms with E-state index in [-0.39, 0.29) is 11.2 Å². The molecule has 1 aromatic heterocycles. The summed E-state index contributed by atoms with van der Waals surface area (Å²) in [5, 5.41) is 0.602. The lowest BCUT2D eigenvalue weighted by Crippen LogP contribution is -2.41. The van der Waals surface area contributed by atoms with Gasteiger partial charge in [-0.15, -0.1) is 0 Å². The van der Waals surface area contributed by atoms with E-state index in [1.54, 1.807) is 6.20 Å². The van der Waals surface area contributed by atoms with E-state index in [1.165, 1.54) is 0 Å². The van der Waals surface area contributed by atoms with Gasteiger partial charge in [0.2, 0.25) is 0 Å². The molecule has 1 fully saturated rings. The fraction of sp³-hybridized carbons (Fsp3) is 0.643. The summed E-state index contributed by atoms with van der Waals surface area (Å²) in [7, 11) is -0.433. The summed E-state index contributed by atoms with van der Waals surface area (Å²) in [6.07, 6.45) is 3.49. The van der Waals surface area contributed by atoms with Crippen molar-refractivity contribution in [3.63, 3.8) is 0 Å². The molecular weight excluding hydrogens is 260 g/mol. The molecule has 0 amide bonds. The highest BCUT2D eigenvalue weighted by molar-refractivity contribution is 6.66. The summed E-state index contributed by atoms with van der Waals surface area (Å²) < 4.78 is 12.2. The number of hydrogen-bond acceptors (Lipinski definition) is 3. The maximum atomic E-state index is 6.32. The molecule has 0 bridgehead atoms. The van der Waals surface area contributed by atoms with Crippen molar-refractivity contribution in [1.82, 2.24) is 4.98 Å². The van der Waals surface area contributed by atoms with Crippen molar-refractivity contribution in [1.29, 1.82) is 0 Å². The van der Waals surface area contributed by atoms with Gasteiger partial charge in [-0.2, -0.15) is 0 Å². The van der Waals surface area contributed by atoms with Crippen LogP contribution in [-0.2, 0) is 9.31 Å². The number of halogens is 1. The van der Waals surface area contributed by atoms with Crippen LogP contribution in [0.2, 0.25) is 5.02 Å². The molecule has 0 saturated carbocycles. The highest BCUT2D eigenvalue weighted by Gasteiger charge is 2.52. The molecule has 19 heavy (non-hydrogen) atoms. The van der Waals surface area contributed by atoms with Gasteiger partial charge in [-0.1, -0.05) is 25.4 Å². The number of aromatic nitrogens is 1. The molecule has 0 aliphatic carbocycles. The van der Waals surface area contributed by atoms with Crippen LogP contribution in [0.4, 0.5) is 0 Å². The fourth-order valence-corrected chi connectivity index (χ4v) is 2.38. The predicted octanol–water partition coefficient (Wildman–Crippen LogP) is 3.16.